The molecule has 1 saturated heterocycles. The molecule has 7 nitrogen and oxygen atoms in total. The molecule has 1 fully saturated rings. The highest BCUT2D eigenvalue weighted by Crippen LogP contribution is 2.33. The summed E-state index contributed by atoms with van der Waals surface area (Å²) in [7, 11) is 1.61. The van der Waals surface area contributed by atoms with Crippen LogP contribution in [0.15, 0.2) is 0 Å². The van der Waals surface area contributed by atoms with Crippen LogP contribution in [0, 0.1) is 0 Å². The third-order valence-corrected chi connectivity index (χ3v) is 4.16. The molecule has 3 rings (SSSR count). The highest BCUT2D eigenvalue weighted by Gasteiger charge is 2.31. The molecule has 1 N–H and O–H groups in total. The number of morpholine rings is 1. The largest absolute Gasteiger partial charge is 0.377 e. The quantitative estimate of drug-likeness (QED) is 0.785. The van der Waals surface area contributed by atoms with Crippen LogP contribution in [0.3, 0.4) is 0 Å². The minimum atomic E-state index is -0.176. The Kier molecular flexibility index (Phi) is 3.86. The number of fused-ring (bicyclic) bond motifs is 1. The van der Waals surface area contributed by atoms with Crippen molar-refractivity contribution in [1.29, 1.82) is 0 Å². The maximum atomic E-state index is 11.9. The van der Waals surface area contributed by atoms with Crippen LogP contribution in [0.25, 0.3) is 0 Å². The number of aromatic nitrogens is 2. The van der Waals surface area contributed by atoms with Crippen LogP contribution in [0.5, 0.6) is 0 Å². The number of amides is 2. The van der Waals surface area contributed by atoms with Gasteiger partial charge in [0.05, 0.1) is 19.3 Å². The van der Waals surface area contributed by atoms with Gasteiger partial charge in [-0.2, -0.15) is 4.98 Å². The van der Waals surface area contributed by atoms with Crippen LogP contribution in [-0.2, 0) is 11.2 Å². The van der Waals surface area contributed by atoms with Crippen molar-refractivity contribution in [2.45, 2.75) is 19.4 Å². The monoisotopic (exact) mass is 311 g/mol. The van der Waals surface area contributed by atoms with Crippen LogP contribution in [0.4, 0.5) is 16.6 Å². The summed E-state index contributed by atoms with van der Waals surface area (Å²) in [5.74, 6) is 1.17. The van der Waals surface area contributed by atoms with Gasteiger partial charge in [0.1, 0.15) is 11.0 Å². The van der Waals surface area contributed by atoms with E-state index in [0.717, 1.165) is 12.1 Å². The zero-order valence-corrected chi connectivity index (χ0v) is 12.9. The Balaban J connectivity index is 1.97. The Morgan fingerprint density at radius 3 is 2.95 bits per heavy atom. The first-order valence-corrected chi connectivity index (χ1v) is 7.39. The van der Waals surface area contributed by atoms with Gasteiger partial charge in [0.25, 0.3) is 0 Å². The van der Waals surface area contributed by atoms with Crippen LogP contribution in [0.2, 0.25) is 5.15 Å². The van der Waals surface area contributed by atoms with Gasteiger partial charge >= 0.3 is 6.03 Å². The van der Waals surface area contributed by atoms with Crippen LogP contribution >= 0.6 is 11.6 Å². The fraction of sp³-hybridized carbons (Fsp3) is 0.615. The summed E-state index contributed by atoms with van der Waals surface area (Å²) in [6.45, 7) is 4.63. The first kappa shape index (κ1) is 14.3. The van der Waals surface area contributed by atoms with Gasteiger partial charge in [0.15, 0.2) is 0 Å². The summed E-state index contributed by atoms with van der Waals surface area (Å²) in [5, 5.41) is 3.06. The molecule has 0 saturated carbocycles. The summed E-state index contributed by atoms with van der Waals surface area (Å²) in [6, 6.07) is 0.00668. The first-order valence-electron chi connectivity index (χ1n) is 7.02. The third-order valence-electron chi connectivity index (χ3n) is 3.85. The smallest absolute Gasteiger partial charge is 0.322 e. The van der Waals surface area contributed by atoms with Gasteiger partial charge in [-0.25, -0.2) is 9.78 Å². The van der Waals surface area contributed by atoms with E-state index < -0.39 is 0 Å². The van der Waals surface area contributed by atoms with E-state index >= 15 is 0 Å². The molecule has 0 spiro atoms. The van der Waals surface area contributed by atoms with Crippen molar-refractivity contribution >= 4 is 29.4 Å². The SMILES string of the molecule is CNC(=O)N1CCc2c(Cl)nc(N3CCOC[C@H]3C)nc21. The second kappa shape index (κ2) is 5.65. The fourth-order valence-corrected chi connectivity index (χ4v) is 2.94. The Bertz CT molecular complexity index is 568. The molecule has 2 amide bonds. The van der Waals surface area contributed by atoms with E-state index in [4.69, 9.17) is 16.3 Å². The molecule has 0 bridgehead atoms. The van der Waals surface area contributed by atoms with Gasteiger partial charge < -0.3 is 15.0 Å². The summed E-state index contributed by atoms with van der Waals surface area (Å²) in [6.07, 6.45) is 0.681. The van der Waals surface area contributed by atoms with E-state index in [0.29, 0.717) is 43.1 Å². The van der Waals surface area contributed by atoms with Gasteiger partial charge in [-0.05, 0) is 13.3 Å². The van der Waals surface area contributed by atoms with Gasteiger partial charge in [0, 0.05) is 25.7 Å². The number of urea groups is 1. The predicted octanol–water partition coefficient (Wildman–Crippen LogP) is 1.06. The van der Waals surface area contributed by atoms with Crippen molar-refractivity contribution in [3.05, 3.63) is 10.7 Å². The van der Waals surface area contributed by atoms with Crippen LogP contribution in [0.1, 0.15) is 12.5 Å². The molecule has 114 valence electrons. The van der Waals surface area contributed by atoms with Crippen molar-refractivity contribution in [3.63, 3.8) is 0 Å². The number of carbonyl (C=O) groups is 1. The average Bonchev–Trinajstić information content (AvgIpc) is 2.91. The molecule has 1 aromatic heterocycles. The molecular weight excluding hydrogens is 294 g/mol. The number of hydrogen-bond donors (Lipinski definition) is 1. The second-order valence-corrected chi connectivity index (χ2v) is 5.55. The lowest BCUT2D eigenvalue weighted by molar-refractivity contribution is 0.0981. The van der Waals surface area contributed by atoms with E-state index in [9.17, 15) is 4.79 Å². The standard InChI is InChI=1S/C13H18ClN5O2/c1-8-7-21-6-5-18(8)12-16-10(14)9-3-4-19(11(9)17-12)13(20)15-2/h8H,3-7H2,1-2H3,(H,15,20)/t8-/m1/s1. The number of anilines is 2. The van der Waals surface area contributed by atoms with Crippen molar-refractivity contribution < 1.29 is 9.53 Å². The topological polar surface area (TPSA) is 70.6 Å². The maximum Gasteiger partial charge on any atom is 0.322 e. The minimum Gasteiger partial charge on any atom is -0.377 e. The first-order chi connectivity index (χ1) is 10.1. The lowest BCUT2D eigenvalue weighted by Crippen LogP contribution is -2.45. The van der Waals surface area contributed by atoms with E-state index in [1.165, 1.54) is 0 Å². The van der Waals surface area contributed by atoms with Crippen molar-refractivity contribution in [2.24, 2.45) is 0 Å². The molecule has 0 unspecified atom stereocenters. The fourth-order valence-electron chi connectivity index (χ4n) is 2.69. The zero-order valence-electron chi connectivity index (χ0n) is 12.1. The maximum absolute atomic E-state index is 11.9. The van der Waals surface area contributed by atoms with Gasteiger partial charge in [-0.1, -0.05) is 11.6 Å². The lowest BCUT2D eigenvalue weighted by atomic mass is 10.2. The van der Waals surface area contributed by atoms with Crippen LogP contribution in [-0.4, -0.2) is 55.4 Å². The van der Waals surface area contributed by atoms with Gasteiger partial charge in [-0.3, -0.25) is 4.90 Å². The van der Waals surface area contributed by atoms with E-state index in [1.54, 1.807) is 11.9 Å². The summed E-state index contributed by atoms with van der Waals surface area (Å²) >= 11 is 6.29. The Morgan fingerprint density at radius 2 is 2.24 bits per heavy atom. The van der Waals surface area contributed by atoms with Crippen molar-refractivity contribution in [1.82, 2.24) is 15.3 Å². The van der Waals surface area contributed by atoms with Crippen molar-refractivity contribution in [3.8, 4) is 0 Å². The molecule has 3 heterocycles. The van der Waals surface area contributed by atoms with E-state index in [1.807, 2.05) is 0 Å². The number of ether oxygens (including phenoxy) is 1. The summed E-state index contributed by atoms with van der Waals surface area (Å²) in [4.78, 5) is 24.6. The highest BCUT2D eigenvalue weighted by molar-refractivity contribution is 6.30. The Hall–Kier alpha value is -1.60. The molecule has 8 heteroatoms. The molecule has 0 radical (unpaired) electrons. The lowest BCUT2D eigenvalue weighted by Gasteiger charge is -2.33. The minimum absolute atomic E-state index is 0.176. The third kappa shape index (κ3) is 2.51. The second-order valence-electron chi connectivity index (χ2n) is 5.19. The zero-order chi connectivity index (χ0) is 15.0. The van der Waals surface area contributed by atoms with Crippen molar-refractivity contribution in [2.75, 3.05) is 43.2 Å². The van der Waals surface area contributed by atoms with Gasteiger partial charge in [0.2, 0.25) is 5.95 Å². The Labute approximate surface area is 128 Å². The molecule has 2 aliphatic heterocycles. The van der Waals surface area contributed by atoms with E-state index in [-0.39, 0.29) is 12.1 Å². The van der Waals surface area contributed by atoms with E-state index in [2.05, 4.69) is 27.1 Å². The number of halogens is 1. The molecule has 0 aromatic carbocycles. The normalized spacial score (nSPS) is 21.4. The molecule has 1 atom stereocenters. The molecule has 1 aromatic rings. The molecule has 2 aliphatic rings. The molecule has 0 aliphatic carbocycles. The molecule has 21 heavy (non-hydrogen) atoms. The molecular formula is C13H18ClN5O2. The number of rotatable bonds is 1. The Morgan fingerprint density at radius 1 is 1.43 bits per heavy atom. The number of hydrogen-bond acceptors (Lipinski definition) is 5. The summed E-state index contributed by atoms with van der Waals surface area (Å²) in [5.41, 5.74) is 0.838. The number of nitrogens with zero attached hydrogens (tertiary/aromatic N) is 4. The average molecular weight is 312 g/mol. The highest BCUT2D eigenvalue weighted by atomic mass is 35.5. The number of carbonyl (C=O) groups excluding carboxylic acids is 1. The number of nitrogens with one attached hydrogen (secondary N) is 1. The van der Waals surface area contributed by atoms with Crippen LogP contribution < -0.4 is 15.1 Å². The summed E-state index contributed by atoms with van der Waals surface area (Å²) < 4.78 is 5.43. The van der Waals surface area contributed by atoms with Gasteiger partial charge in [-0.15, -0.1) is 0 Å². The predicted molar refractivity (Wildman–Crippen MR) is 80.2 cm³/mol.